The van der Waals surface area contributed by atoms with Crippen LogP contribution in [0.1, 0.15) is 19.3 Å². The first-order chi connectivity index (χ1) is 8.68. The molecular weight excluding hydrogens is 242 g/mol. The Morgan fingerprint density at radius 1 is 1.56 bits per heavy atom. The highest BCUT2D eigenvalue weighted by Crippen LogP contribution is 2.07. The molecular formula is C12H20F2N2O2. The summed E-state index contributed by atoms with van der Waals surface area (Å²) in [4.78, 5) is 11.3. The summed E-state index contributed by atoms with van der Waals surface area (Å²) in [6.45, 7) is 1.92. The fourth-order valence-corrected chi connectivity index (χ4v) is 1.68. The van der Waals surface area contributed by atoms with E-state index in [2.05, 4.69) is 21.4 Å². The van der Waals surface area contributed by atoms with E-state index in [9.17, 15) is 13.6 Å². The number of amides is 1. The average Bonchev–Trinajstić information content (AvgIpc) is 2.36. The molecule has 104 valence electrons. The number of carbonyl (C=O) groups is 1. The summed E-state index contributed by atoms with van der Waals surface area (Å²) >= 11 is 0. The molecule has 0 saturated carbocycles. The maximum atomic E-state index is 11.7. The molecule has 1 amide bonds. The summed E-state index contributed by atoms with van der Waals surface area (Å²) in [7, 11) is 0. The van der Waals surface area contributed by atoms with Gasteiger partial charge in [0.25, 0.3) is 6.43 Å². The maximum absolute atomic E-state index is 11.7. The molecule has 1 heterocycles. The first-order valence-corrected chi connectivity index (χ1v) is 6.19. The van der Waals surface area contributed by atoms with Gasteiger partial charge in [0.05, 0.1) is 6.61 Å². The van der Waals surface area contributed by atoms with Crippen molar-refractivity contribution in [3.8, 4) is 0 Å². The number of ether oxygens (including phenoxy) is 1. The van der Waals surface area contributed by atoms with Gasteiger partial charge < -0.3 is 15.4 Å². The van der Waals surface area contributed by atoms with Crippen LogP contribution in [0.3, 0.4) is 0 Å². The summed E-state index contributed by atoms with van der Waals surface area (Å²) in [6.07, 6.45) is 1.67. The first-order valence-electron chi connectivity index (χ1n) is 6.19. The van der Waals surface area contributed by atoms with Gasteiger partial charge in [-0.15, -0.1) is 0 Å². The molecule has 0 aromatic heterocycles. The molecule has 0 atom stereocenters. The number of hydrogen-bond donors (Lipinski definition) is 2. The van der Waals surface area contributed by atoms with Gasteiger partial charge in [-0.05, 0) is 19.4 Å². The monoisotopic (exact) mass is 262 g/mol. The summed E-state index contributed by atoms with van der Waals surface area (Å²) in [6, 6.07) is 0. The Bertz CT molecular complexity index is 283. The van der Waals surface area contributed by atoms with Crippen LogP contribution in [-0.2, 0) is 9.53 Å². The number of carbonyl (C=O) groups excluding carboxylic acids is 1. The van der Waals surface area contributed by atoms with Crippen LogP contribution in [-0.4, -0.2) is 45.2 Å². The zero-order valence-corrected chi connectivity index (χ0v) is 10.4. The highest BCUT2D eigenvalue weighted by atomic mass is 19.3. The Morgan fingerprint density at radius 2 is 2.39 bits per heavy atom. The third kappa shape index (κ3) is 7.34. The van der Waals surface area contributed by atoms with E-state index in [1.165, 1.54) is 5.57 Å². The number of nitrogens with one attached hydrogen (secondary N) is 2. The topological polar surface area (TPSA) is 50.4 Å². The van der Waals surface area contributed by atoms with Crippen molar-refractivity contribution in [2.45, 2.75) is 25.7 Å². The minimum absolute atomic E-state index is 0.0444. The van der Waals surface area contributed by atoms with E-state index in [1.807, 2.05) is 0 Å². The molecule has 2 N–H and O–H groups in total. The van der Waals surface area contributed by atoms with Crippen LogP contribution in [0.5, 0.6) is 0 Å². The van der Waals surface area contributed by atoms with Gasteiger partial charge >= 0.3 is 0 Å². The minimum atomic E-state index is -2.47. The molecule has 0 fully saturated rings. The number of rotatable bonds is 8. The molecule has 0 bridgehead atoms. The van der Waals surface area contributed by atoms with Crippen LogP contribution in [0, 0.1) is 0 Å². The Balaban J connectivity index is 1.98. The van der Waals surface area contributed by atoms with Gasteiger partial charge in [-0.2, -0.15) is 0 Å². The van der Waals surface area contributed by atoms with Gasteiger partial charge in [-0.25, -0.2) is 8.78 Å². The molecule has 6 heteroatoms. The van der Waals surface area contributed by atoms with Crippen molar-refractivity contribution in [2.75, 3.05) is 32.8 Å². The lowest BCUT2D eigenvalue weighted by molar-refractivity contribution is -0.122. The Hall–Kier alpha value is -1.01. The summed E-state index contributed by atoms with van der Waals surface area (Å²) in [5.41, 5.74) is 1.35. The van der Waals surface area contributed by atoms with Crippen molar-refractivity contribution in [2.24, 2.45) is 0 Å². The zero-order valence-electron chi connectivity index (χ0n) is 10.4. The molecule has 0 aromatic carbocycles. The van der Waals surface area contributed by atoms with E-state index in [4.69, 9.17) is 0 Å². The van der Waals surface area contributed by atoms with Crippen molar-refractivity contribution in [1.82, 2.24) is 10.6 Å². The Labute approximate surface area is 106 Å². The first kappa shape index (κ1) is 15.0. The molecule has 0 spiro atoms. The van der Waals surface area contributed by atoms with Crippen LogP contribution < -0.4 is 10.6 Å². The van der Waals surface area contributed by atoms with Crippen LogP contribution in [0.25, 0.3) is 0 Å². The molecule has 0 aliphatic carbocycles. The van der Waals surface area contributed by atoms with E-state index in [0.717, 1.165) is 25.9 Å². The smallest absolute Gasteiger partial charge is 0.261 e. The second kappa shape index (κ2) is 8.99. The lowest BCUT2D eigenvalue weighted by Crippen LogP contribution is -2.27. The highest BCUT2D eigenvalue weighted by Gasteiger charge is 2.06. The summed E-state index contributed by atoms with van der Waals surface area (Å²) in [5, 5.41) is 5.97. The molecule has 4 nitrogen and oxygen atoms in total. The third-order valence-corrected chi connectivity index (χ3v) is 2.64. The predicted octanol–water partition coefficient (Wildman–Crippen LogP) is 1.08. The van der Waals surface area contributed by atoms with Crippen LogP contribution >= 0.6 is 0 Å². The summed E-state index contributed by atoms with van der Waals surface area (Å²) in [5.74, 6) is -0.154. The van der Waals surface area contributed by atoms with E-state index in [1.54, 1.807) is 0 Å². The van der Waals surface area contributed by atoms with Crippen molar-refractivity contribution in [1.29, 1.82) is 0 Å². The SMILES string of the molecule is O=C(CCOCC(F)F)NCCC1=CCNCC1. The Morgan fingerprint density at radius 3 is 3.06 bits per heavy atom. The normalized spacial score (nSPS) is 15.6. The van der Waals surface area contributed by atoms with E-state index in [-0.39, 0.29) is 18.9 Å². The molecule has 1 aliphatic heterocycles. The lowest BCUT2D eigenvalue weighted by Gasteiger charge is -2.14. The highest BCUT2D eigenvalue weighted by molar-refractivity contribution is 5.75. The van der Waals surface area contributed by atoms with Crippen molar-refractivity contribution < 1.29 is 18.3 Å². The number of halogens is 2. The largest absolute Gasteiger partial charge is 0.375 e. The van der Waals surface area contributed by atoms with Gasteiger partial charge in [0, 0.05) is 19.5 Å². The third-order valence-electron chi connectivity index (χ3n) is 2.64. The van der Waals surface area contributed by atoms with Gasteiger partial charge in [0.1, 0.15) is 6.61 Å². The van der Waals surface area contributed by atoms with Gasteiger partial charge in [-0.1, -0.05) is 11.6 Å². The van der Waals surface area contributed by atoms with Gasteiger partial charge in [0.15, 0.2) is 0 Å². The number of hydrogen-bond acceptors (Lipinski definition) is 3. The van der Waals surface area contributed by atoms with Crippen LogP contribution in [0.15, 0.2) is 11.6 Å². The fourth-order valence-electron chi connectivity index (χ4n) is 1.68. The molecule has 1 rings (SSSR count). The fraction of sp³-hybridized carbons (Fsp3) is 0.750. The van der Waals surface area contributed by atoms with E-state index in [0.29, 0.717) is 6.54 Å². The molecule has 0 radical (unpaired) electrons. The molecule has 1 aliphatic rings. The molecule has 0 saturated heterocycles. The van der Waals surface area contributed by atoms with Crippen molar-refractivity contribution in [3.63, 3.8) is 0 Å². The second-order valence-electron chi connectivity index (χ2n) is 4.13. The Kier molecular flexibility index (Phi) is 7.52. The molecule has 18 heavy (non-hydrogen) atoms. The number of alkyl halides is 2. The van der Waals surface area contributed by atoms with Gasteiger partial charge in [0.2, 0.25) is 5.91 Å². The zero-order chi connectivity index (χ0) is 13.2. The van der Waals surface area contributed by atoms with E-state index >= 15 is 0 Å². The van der Waals surface area contributed by atoms with Crippen molar-refractivity contribution in [3.05, 3.63) is 11.6 Å². The lowest BCUT2D eigenvalue weighted by atomic mass is 10.1. The molecule has 0 aromatic rings. The average molecular weight is 262 g/mol. The standard InChI is InChI=1S/C12H20F2N2O2/c13-11(14)9-18-8-4-12(17)16-7-3-10-1-5-15-6-2-10/h1,11,15H,2-9H2,(H,16,17). The summed E-state index contributed by atoms with van der Waals surface area (Å²) < 4.78 is 28.1. The quantitative estimate of drug-likeness (QED) is 0.508. The maximum Gasteiger partial charge on any atom is 0.261 e. The van der Waals surface area contributed by atoms with Crippen molar-refractivity contribution >= 4 is 5.91 Å². The predicted molar refractivity (Wildman–Crippen MR) is 64.6 cm³/mol. The van der Waals surface area contributed by atoms with Crippen LogP contribution in [0.2, 0.25) is 0 Å². The van der Waals surface area contributed by atoms with E-state index < -0.39 is 13.0 Å². The minimum Gasteiger partial charge on any atom is -0.375 e. The molecule has 0 unspecified atom stereocenters. The second-order valence-corrected chi connectivity index (χ2v) is 4.13. The van der Waals surface area contributed by atoms with Crippen LogP contribution in [0.4, 0.5) is 8.78 Å². The van der Waals surface area contributed by atoms with Gasteiger partial charge in [-0.3, -0.25) is 4.79 Å².